The summed E-state index contributed by atoms with van der Waals surface area (Å²) in [7, 11) is -4.80. The van der Waals surface area contributed by atoms with Crippen molar-refractivity contribution in [2.45, 2.75) is 148 Å². The van der Waals surface area contributed by atoms with Gasteiger partial charge in [0.15, 0.2) is 11.9 Å². The second-order valence-corrected chi connectivity index (χ2v) is 12.2. The van der Waals surface area contributed by atoms with Crippen molar-refractivity contribution in [1.82, 2.24) is 0 Å². The van der Waals surface area contributed by atoms with Crippen molar-refractivity contribution < 1.29 is 52.6 Å². The van der Waals surface area contributed by atoms with E-state index in [9.17, 15) is 23.7 Å². The van der Waals surface area contributed by atoms with E-state index < -0.39 is 38.4 Å². The Labute approximate surface area is 257 Å². The van der Waals surface area contributed by atoms with Gasteiger partial charge in [0.25, 0.3) is 0 Å². The standard InChI is InChI=1S/C31H55O11P/c1-2-3-4-5-6-7-8-9-10-11-12-15-18-21-30(35)40-25-28(26-41-43(37,38)39)42-31(36)22-19-16-13-14-17-20-27(32)23-24-29(33)34/h23-24,28H,2-22,25-26H2,1H3,(H,33,34)(H2,37,38,39)/b24-23+/t28-/m1/s1. The summed E-state index contributed by atoms with van der Waals surface area (Å²) < 4.78 is 26.0. The number of phosphoric acid groups is 1. The molecule has 11 nitrogen and oxygen atoms in total. The van der Waals surface area contributed by atoms with Crippen molar-refractivity contribution in [2.75, 3.05) is 13.2 Å². The molecule has 0 aliphatic rings. The first-order valence-corrected chi connectivity index (χ1v) is 17.6. The van der Waals surface area contributed by atoms with Gasteiger partial charge in [-0.15, -0.1) is 0 Å². The molecule has 0 spiro atoms. The monoisotopic (exact) mass is 634 g/mol. The van der Waals surface area contributed by atoms with Gasteiger partial charge in [0, 0.05) is 25.3 Å². The Kier molecular flexibility index (Phi) is 26.2. The van der Waals surface area contributed by atoms with Crippen LogP contribution in [-0.4, -0.2) is 57.9 Å². The summed E-state index contributed by atoms with van der Waals surface area (Å²) in [6.07, 6.45) is 20.1. The predicted octanol–water partition coefficient (Wildman–Crippen LogP) is 6.97. The lowest BCUT2D eigenvalue weighted by atomic mass is 10.0. The Morgan fingerprint density at radius 1 is 0.628 bits per heavy atom. The van der Waals surface area contributed by atoms with Crippen molar-refractivity contribution in [3.8, 4) is 0 Å². The third kappa shape index (κ3) is 31.2. The maximum absolute atomic E-state index is 12.2. The highest BCUT2D eigenvalue weighted by atomic mass is 31.2. The van der Waals surface area contributed by atoms with Crippen LogP contribution in [0.2, 0.25) is 0 Å². The Hall–Kier alpha value is -2.07. The number of hydrogen-bond donors (Lipinski definition) is 3. The van der Waals surface area contributed by atoms with E-state index in [0.29, 0.717) is 25.7 Å². The van der Waals surface area contributed by atoms with E-state index in [1.807, 2.05) is 0 Å². The zero-order valence-electron chi connectivity index (χ0n) is 26.1. The van der Waals surface area contributed by atoms with Gasteiger partial charge in [-0.1, -0.05) is 103 Å². The summed E-state index contributed by atoms with van der Waals surface area (Å²) in [4.78, 5) is 64.2. The maximum atomic E-state index is 12.2. The molecule has 0 aromatic carbocycles. The topological polar surface area (TPSA) is 174 Å². The summed E-state index contributed by atoms with van der Waals surface area (Å²) >= 11 is 0. The minimum Gasteiger partial charge on any atom is -0.478 e. The van der Waals surface area contributed by atoms with Gasteiger partial charge < -0.3 is 24.4 Å². The van der Waals surface area contributed by atoms with Crippen LogP contribution >= 0.6 is 7.82 Å². The normalized spacial score (nSPS) is 12.3. The number of carboxylic acid groups (broad SMARTS) is 1. The van der Waals surface area contributed by atoms with Gasteiger partial charge in [-0.25, -0.2) is 9.36 Å². The highest BCUT2D eigenvalue weighted by molar-refractivity contribution is 7.46. The predicted molar refractivity (Wildman–Crippen MR) is 163 cm³/mol. The zero-order chi connectivity index (χ0) is 32.2. The molecule has 0 unspecified atom stereocenters. The van der Waals surface area contributed by atoms with Crippen LogP contribution in [0, 0.1) is 0 Å². The number of allylic oxidation sites excluding steroid dienone is 1. The first kappa shape index (κ1) is 40.9. The highest BCUT2D eigenvalue weighted by Crippen LogP contribution is 2.35. The van der Waals surface area contributed by atoms with Crippen LogP contribution in [0.25, 0.3) is 0 Å². The number of phosphoric ester groups is 1. The van der Waals surface area contributed by atoms with E-state index in [4.69, 9.17) is 24.4 Å². The molecule has 0 heterocycles. The molecule has 1 atom stereocenters. The fourth-order valence-electron chi connectivity index (χ4n) is 4.43. The number of carboxylic acids is 1. The number of esters is 2. The molecule has 0 amide bonds. The molecule has 43 heavy (non-hydrogen) atoms. The fraction of sp³-hybridized carbons (Fsp3) is 0.806. The van der Waals surface area contributed by atoms with Crippen LogP contribution in [0.1, 0.15) is 142 Å². The summed E-state index contributed by atoms with van der Waals surface area (Å²) in [5.41, 5.74) is 0. The Bertz CT molecular complexity index is 838. The molecule has 0 aliphatic carbocycles. The van der Waals surface area contributed by atoms with Gasteiger partial charge in [-0.3, -0.25) is 18.9 Å². The molecule has 0 aromatic rings. The number of aliphatic carboxylic acids is 1. The number of rotatable bonds is 30. The maximum Gasteiger partial charge on any atom is 0.469 e. The second-order valence-electron chi connectivity index (χ2n) is 11.0. The first-order valence-electron chi connectivity index (χ1n) is 16.0. The quantitative estimate of drug-likeness (QED) is 0.0322. The molecule has 0 fully saturated rings. The van der Waals surface area contributed by atoms with Gasteiger partial charge in [0.2, 0.25) is 0 Å². The van der Waals surface area contributed by atoms with Crippen molar-refractivity contribution in [2.24, 2.45) is 0 Å². The molecule has 0 saturated carbocycles. The van der Waals surface area contributed by atoms with Crippen molar-refractivity contribution in [3.63, 3.8) is 0 Å². The van der Waals surface area contributed by atoms with Gasteiger partial charge in [0.05, 0.1) is 6.61 Å². The van der Waals surface area contributed by atoms with E-state index in [1.165, 1.54) is 57.8 Å². The lowest BCUT2D eigenvalue weighted by Gasteiger charge is -2.18. The van der Waals surface area contributed by atoms with Crippen molar-refractivity contribution in [1.29, 1.82) is 0 Å². The number of carbonyl (C=O) groups is 4. The van der Waals surface area contributed by atoms with Crippen LogP contribution < -0.4 is 0 Å². The van der Waals surface area contributed by atoms with Crippen LogP contribution in [0.5, 0.6) is 0 Å². The van der Waals surface area contributed by atoms with Crippen molar-refractivity contribution >= 4 is 31.5 Å². The molecular formula is C31H55O11P. The SMILES string of the molecule is CCCCCCCCCCCCCCCC(=O)OC[C@H](COP(=O)(O)O)OC(=O)CCCCCCCC(=O)/C=C/C(=O)O. The van der Waals surface area contributed by atoms with E-state index in [1.54, 1.807) is 0 Å². The summed E-state index contributed by atoms with van der Waals surface area (Å²) in [6, 6.07) is 0. The van der Waals surface area contributed by atoms with Crippen molar-refractivity contribution in [3.05, 3.63) is 12.2 Å². The van der Waals surface area contributed by atoms with Gasteiger partial charge in [-0.2, -0.15) is 0 Å². The summed E-state index contributed by atoms with van der Waals surface area (Å²) in [5.74, 6) is -2.48. The van der Waals surface area contributed by atoms with E-state index in [2.05, 4.69) is 11.4 Å². The Balaban J connectivity index is 4.07. The van der Waals surface area contributed by atoms with Crippen LogP contribution in [0.3, 0.4) is 0 Å². The largest absolute Gasteiger partial charge is 0.478 e. The number of hydrogen-bond acceptors (Lipinski definition) is 8. The lowest BCUT2D eigenvalue weighted by Crippen LogP contribution is -2.29. The Morgan fingerprint density at radius 2 is 1.07 bits per heavy atom. The molecule has 250 valence electrons. The molecule has 0 radical (unpaired) electrons. The van der Waals surface area contributed by atoms with E-state index >= 15 is 0 Å². The molecule has 0 saturated heterocycles. The van der Waals surface area contributed by atoms with Crippen LogP contribution in [-0.2, 0) is 37.7 Å². The smallest absolute Gasteiger partial charge is 0.469 e. The first-order chi connectivity index (χ1) is 20.5. The Morgan fingerprint density at radius 3 is 1.53 bits per heavy atom. The minimum atomic E-state index is -4.80. The van der Waals surface area contributed by atoms with E-state index in [-0.39, 0.29) is 31.7 Å². The third-order valence-corrected chi connectivity index (χ3v) is 7.34. The third-order valence-electron chi connectivity index (χ3n) is 6.86. The minimum absolute atomic E-state index is 0.0690. The molecular weight excluding hydrogens is 579 g/mol. The second kappa shape index (κ2) is 27.5. The average Bonchev–Trinajstić information content (AvgIpc) is 2.94. The number of ether oxygens (including phenoxy) is 2. The van der Waals surface area contributed by atoms with Crippen LogP contribution in [0.4, 0.5) is 0 Å². The van der Waals surface area contributed by atoms with Gasteiger partial charge in [0.1, 0.15) is 6.61 Å². The molecule has 0 aromatic heterocycles. The zero-order valence-corrected chi connectivity index (χ0v) is 26.9. The van der Waals surface area contributed by atoms with Gasteiger partial charge >= 0.3 is 25.7 Å². The van der Waals surface area contributed by atoms with E-state index in [0.717, 1.165) is 44.3 Å². The summed E-state index contributed by atoms with van der Waals surface area (Å²) in [6.45, 7) is 1.27. The average molecular weight is 635 g/mol. The number of ketones is 1. The molecule has 0 bridgehead atoms. The highest BCUT2D eigenvalue weighted by Gasteiger charge is 2.22. The number of carbonyl (C=O) groups excluding carboxylic acids is 3. The molecule has 3 N–H and O–H groups in total. The van der Waals surface area contributed by atoms with Crippen LogP contribution in [0.15, 0.2) is 12.2 Å². The molecule has 12 heteroatoms. The molecule has 0 rings (SSSR count). The fourth-order valence-corrected chi connectivity index (χ4v) is 4.79. The molecule has 0 aliphatic heterocycles. The number of unbranched alkanes of at least 4 members (excludes halogenated alkanes) is 16. The lowest BCUT2D eigenvalue weighted by molar-refractivity contribution is -0.161. The van der Waals surface area contributed by atoms with Gasteiger partial charge in [-0.05, 0) is 25.3 Å². The summed E-state index contributed by atoms with van der Waals surface area (Å²) in [5, 5.41) is 8.51.